The summed E-state index contributed by atoms with van der Waals surface area (Å²) in [4.78, 5) is 27.3. The van der Waals surface area contributed by atoms with E-state index in [0.29, 0.717) is 32.8 Å². The van der Waals surface area contributed by atoms with Crippen LogP contribution in [0.25, 0.3) is 0 Å². The minimum Gasteiger partial charge on any atom is -0.322 e. The third kappa shape index (κ3) is 4.27. The molecule has 0 saturated carbocycles. The predicted octanol–water partition coefficient (Wildman–Crippen LogP) is 6.34. The summed E-state index contributed by atoms with van der Waals surface area (Å²) >= 11 is 7.63. The van der Waals surface area contributed by atoms with Crippen molar-refractivity contribution in [3.05, 3.63) is 80.7 Å². The number of rotatable bonds is 4. The Labute approximate surface area is 185 Å². The number of nitrogens with one attached hydrogen (secondary N) is 2. The highest BCUT2D eigenvalue weighted by Crippen LogP contribution is 2.40. The molecule has 0 radical (unpaired) electrons. The molecule has 1 unspecified atom stereocenters. The van der Waals surface area contributed by atoms with Gasteiger partial charge in [0.15, 0.2) is 0 Å². The van der Waals surface area contributed by atoms with Gasteiger partial charge < -0.3 is 10.6 Å². The van der Waals surface area contributed by atoms with Gasteiger partial charge in [0.2, 0.25) is 0 Å². The summed E-state index contributed by atoms with van der Waals surface area (Å²) in [7, 11) is 0. The van der Waals surface area contributed by atoms with Crippen LogP contribution < -0.4 is 10.6 Å². The van der Waals surface area contributed by atoms with Gasteiger partial charge in [0.25, 0.3) is 11.8 Å². The zero-order valence-corrected chi connectivity index (χ0v) is 18.5. The smallest absolute Gasteiger partial charge is 0.258 e. The van der Waals surface area contributed by atoms with E-state index in [-0.39, 0.29) is 11.8 Å². The third-order valence-electron chi connectivity index (χ3n) is 5.45. The van der Waals surface area contributed by atoms with E-state index in [1.807, 2.05) is 31.2 Å². The van der Waals surface area contributed by atoms with Crippen molar-refractivity contribution in [2.45, 2.75) is 33.1 Å². The molecule has 3 aromatic rings. The van der Waals surface area contributed by atoms with E-state index in [2.05, 4.69) is 17.6 Å². The number of fused-ring (bicyclic) bond motifs is 1. The maximum atomic E-state index is 13.3. The molecule has 0 aliphatic heterocycles. The molecule has 6 heteroatoms. The summed E-state index contributed by atoms with van der Waals surface area (Å²) in [6.45, 7) is 4.15. The van der Waals surface area contributed by atoms with Gasteiger partial charge in [0.05, 0.1) is 5.56 Å². The summed E-state index contributed by atoms with van der Waals surface area (Å²) in [6, 6.07) is 14.5. The molecule has 30 heavy (non-hydrogen) atoms. The number of carbonyl (C=O) groups excluding carboxylic acids is 2. The second-order valence-electron chi connectivity index (χ2n) is 7.79. The van der Waals surface area contributed by atoms with Crippen molar-refractivity contribution in [3.8, 4) is 0 Å². The van der Waals surface area contributed by atoms with Crippen LogP contribution in [0.15, 0.2) is 48.5 Å². The predicted molar refractivity (Wildman–Crippen MR) is 124 cm³/mol. The normalized spacial score (nSPS) is 15.4. The van der Waals surface area contributed by atoms with Gasteiger partial charge in [-0.1, -0.05) is 42.8 Å². The first kappa shape index (κ1) is 20.6. The Kier molecular flexibility index (Phi) is 5.93. The molecule has 1 atom stereocenters. The standard InChI is InChI=1S/C24H23ClN2O2S/c1-14-8-11-18-20(12-14)30-24(27-22(28)16-6-4-3-5-7-16)21(18)23(29)26-19-13-17(25)10-9-15(19)2/h3-7,9-10,13-14H,8,11-12H2,1-2H3,(H,26,29)(H,27,28). The van der Waals surface area contributed by atoms with E-state index >= 15 is 0 Å². The van der Waals surface area contributed by atoms with Crippen LogP contribution in [0.5, 0.6) is 0 Å². The fourth-order valence-electron chi connectivity index (χ4n) is 3.76. The summed E-state index contributed by atoms with van der Waals surface area (Å²) in [5.41, 5.74) is 3.80. The summed E-state index contributed by atoms with van der Waals surface area (Å²) in [5.74, 6) is 0.144. The molecule has 1 heterocycles. The molecule has 1 aromatic heterocycles. The van der Waals surface area contributed by atoms with Crippen LogP contribution in [0, 0.1) is 12.8 Å². The highest BCUT2D eigenvalue weighted by molar-refractivity contribution is 7.17. The lowest BCUT2D eigenvalue weighted by Gasteiger charge is -2.19. The quantitative estimate of drug-likeness (QED) is 0.499. The Hall–Kier alpha value is -2.63. The molecule has 0 saturated heterocycles. The minimum absolute atomic E-state index is 0.212. The van der Waals surface area contributed by atoms with Crippen molar-refractivity contribution in [3.63, 3.8) is 0 Å². The van der Waals surface area contributed by atoms with Crippen molar-refractivity contribution < 1.29 is 9.59 Å². The SMILES string of the molecule is Cc1ccc(Cl)cc1NC(=O)c1c(NC(=O)c2ccccc2)sc2c1CCC(C)C2. The molecular weight excluding hydrogens is 416 g/mol. The molecule has 154 valence electrons. The molecule has 4 nitrogen and oxygen atoms in total. The maximum Gasteiger partial charge on any atom is 0.258 e. The highest BCUT2D eigenvalue weighted by atomic mass is 35.5. The van der Waals surface area contributed by atoms with Crippen LogP contribution in [0.3, 0.4) is 0 Å². The van der Waals surface area contributed by atoms with Crippen LogP contribution in [0.1, 0.15) is 50.1 Å². The van der Waals surface area contributed by atoms with E-state index in [9.17, 15) is 9.59 Å². The summed E-state index contributed by atoms with van der Waals surface area (Å²) in [5, 5.41) is 7.16. The minimum atomic E-state index is -0.213. The van der Waals surface area contributed by atoms with E-state index in [4.69, 9.17) is 11.6 Å². The molecule has 1 aliphatic carbocycles. The highest BCUT2D eigenvalue weighted by Gasteiger charge is 2.28. The van der Waals surface area contributed by atoms with E-state index in [1.54, 1.807) is 24.3 Å². The third-order valence-corrected chi connectivity index (χ3v) is 6.85. The molecule has 0 spiro atoms. The Morgan fingerprint density at radius 1 is 1.07 bits per heavy atom. The summed E-state index contributed by atoms with van der Waals surface area (Å²) < 4.78 is 0. The largest absolute Gasteiger partial charge is 0.322 e. The first-order chi connectivity index (χ1) is 14.4. The maximum absolute atomic E-state index is 13.3. The van der Waals surface area contributed by atoms with Gasteiger partial charge in [0, 0.05) is 21.2 Å². The van der Waals surface area contributed by atoms with Gasteiger partial charge in [0.1, 0.15) is 5.00 Å². The lowest BCUT2D eigenvalue weighted by molar-refractivity contribution is 0.102. The first-order valence-electron chi connectivity index (χ1n) is 10.0. The van der Waals surface area contributed by atoms with Gasteiger partial charge >= 0.3 is 0 Å². The van der Waals surface area contributed by atoms with Gasteiger partial charge in [-0.05, 0) is 67.5 Å². The first-order valence-corrected chi connectivity index (χ1v) is 11.2. The van der Waals surface area contributed by atoms with E-state index in [0.717, 1.165) is 30.4 Å². The van der Waals surface area contributed by atoms with Crippen molar-refractivity contribution in [1.82, 2.24) is 0 Å². The number of halogens is 1. The molecule has 0 fully saturated rings. The van der Waals surface area contributed by atoms with Crippen molar-refractivity contribution in [2.24, 2.45) is 5.92 Å². The van der Waals surface area contributed by atoms with E-state index in [1.165, 1.54) is 16.2 Å². The number of benzene rings is 2. The lowest BCUT2D eigenvalue weighted by Crippen LogP contribution is -2.19. The lowest BCUT2D eigenvalue weighted by atomic mass is 9.88. The van der Waals surface area contributed by atoms with Crippen molar-refractivity contribution in [1.29, 1.82) is 0 Å². The van der Waals surface area contributed by atoms with Crippen molar-refractivity contribution in [2.75, 3.05) is 10.6 Å². The van der Waals surface area contributed by atoms with Crippen LogP contribution in [0.2, 0.25) is 5.02 Å². The monoisotopic (exact) mass is 438 g/mol. The zero-order chi connectivity index (χ0) is 21.3. The van der Waals surface area contributed by atoms with Crippen LogP contribution in [0.4, 0.5) is 10.7 Å². The average molecular weight is 439 g/mol. The van der Waals surface area contributed by atoms with Gasteiger partial charge in [-0.15, -0.1) is 11.3 Å². The molecule has 2 amide bonds. The second kappa shape index (κ2) is 8.62. The van der Waals surface area contributed by atoms with Crippen molar-refractivity contribution >= 4 is 45.4 Å². The fraction of sp³-hybridized carbons (Fsp3) is 0.250. The molecule has 4 rings (SSSR count). The zero-order valence-electron chi connectivity index (χ0n) is 16.9. The van der Waals surface area contributed by atoms with E-state index < -0.39 is 0 Å². The fourth-order valence-corrected chi connectivity index (χ4v) is 5.33. The number of carbonyl (C=O) groups is 2. The Balaban J connectivity index is 1.69. The number of aryl methyl sites for hydroxylation is 1. The van der Waals surface area contributed by atoms with Gasteiger partial charge in [-0.2, -0.15) is 0 Å². The molecule has 2 aromatic carbocycles. The number of anilines is 2. The molecule has 2 N–H and O–H groups in total. The number of amides is 2. The molecular formula is C24H23ClN2O2S. The summed E-state index contributed by atoms with van der Waals surface area (Å²) in [6.07, 6.45) is 2.80. The average Bonchev–Trinajstić information content (AvgIpc) is 3.08. The Bertz CT molecular complexity index is 1110. The van der Waals surface area contributed by atoms with Gasteiger partial charge in [-0.3, -0.25) is 9.59 Å². The van der Waals surface area contributed by atoms with Crippen LogP contribution in [-0.4, -0.2) is 11.8 Å². The number of hydrogen-bond acceptors (Lipinski definition) is 3. The molecule has 1 aliphatic rings. The number of thiophene rings is 1. The van der Waals surface area contributed by atoms with Crippen LogP contribution >= 0.6 is 22.9 Å². The topological polar surface area (TPSA) is 58.2 Å². The number of hydrogen-bond donors (Lipinski definition) is 2. The van der Waals surface area contributed by atoms with Crippen LogP contribution in [-0.2, 0) is 12.8 Å². The Morgan fingerprint density at radius 3 is 2.60 bits per heavy atom. The second-order valence-corrected chi connectivity index (χ2v) is 9.33. The Morgan fingerprint density at radius 2 is 1.83 bits per heavy atom. The molecule has 0 bridgehead atoms. The van der Waals surface area contributed by atoms with Gasteiger partial charge in [-0.25, -0.2) is 0 Å².